The summed E-state index contributed by atoms with van der Waals surface area (Å²) in [4.78, 5) is 24.9. The van der Waals surface area contributed by atoms with Crippen LogP contribution in [0.4, 0.5) is 10.5 Å². The van der Waals surface area contributed by atoms with Crippen LogP contribution in [0.5, 0.6) is 0 Å². The van der Waals surface area contributed by atoms with Crippen molar-refractivity contribution >= 4 is 17.7 Å². The van der Waals surface area contributed by atoms with Crippen molar-refractivity contribution in [2.75, 3.05) is 12.3 Å². The molecular formula is C20H27N3O3. The summed E-state index contributed by atoms with van der Waals surface area (Å²) in [6.45, 7) is 2.35. The van der Waals surface area contributed by atoms with Crippen molar-refractivity contribution in [3.8, 4) is 0 Å². The van der Waals surface area contributed by atoms with Gasteiger partial charge in [0.25, 0.3) is 0 Å². The lowest BCUT2D eigenvalue weighted by Gasteiger charge is -2.30. The van der Waals surface area contributed by atoms with Gasteiger partial charge in [0, 0.05) is 11.4 Å². The topological polar surface area (TPSA) is 93.4 Å². The Hall–Kier alpha value is -2.50. The van der Waals surface area contributed by atoms with Gasteiger partial charge in [-0.15, -0.1) is 0 Å². The summed E-state index contributed by atoms with van der Waals surface area (Å²) in [7, 11) is 0. The molecule has 2 aliphatic rings. The highest BCUT2D eigenvalue weighted by Gasteiger charge is 2.33. The maximum Gasteiger partial charge on any atom is 0.338 e. The van der Waals surface area contributed by atoms with Crippen molar-refractivity contribution < 1.29 is 14.3 Å². The van der Waals surface area contributed by atoms with Gasteiger partial charge in [0.2, 0.25) is 0 Å². The van der Waals surface area contributed by atoms with E-state index in [0.29, 0.717) is 35.9 Å². The van der Waals surface area contributed by atoms with E-state index in [0.717, 1.165) is 18.4 Å². The maximum absolute atomic E-state index is 12.9. The average Bonchev–Trinajstić information content (AvgIpc) is 2.66. The minimum atomic E-state index is -0.555. The van der Waals surface area contributed by atoms with Crippen molar-refractivity contribution in [1.82, 2.24) is 10.6 Å². The van der Waals surface area contributed by atoms with Crippen molar-refractivity contribution in [2.24, 2.45) is 5.92 Å². The summed E-state index contributed by atoms with van der Waals surface area (Å²) in [5, 5.41) is 5.58. The number of amides is 2. The first-order valence-electron chi connectivity index (χ1n) is 9.41. The van der Waals surface area contributed by atoms with E-state index in [1.807, 2.05) is 19.1 Å². The molecule has 26 heavy (non-hydrogen) atoms. The number of nitrogen functional groups attached to an aromatic ring is 1. The van der Waals surface area contributed by atoms with Crippen molar-refractivity contribution in [2.45, 2.75) is 51.5 Å². The van der Waals surface area contributed by atoms with Crippen LogP contribution in [0.1, 0.15) is 57.1 Å². The van der Waals surface area contributed by atoms with Crippen molar-refractivity contribution in [1.29, 1.82) is 0 Å². The predicted octanol–water partition coefficient (Wildman–Crippen LogP) is 3.41. The van der Waals surface area contributed by atoms with E-state index < -0.39 is 6.04 Å². The summed E-state index contributed by atoms with van der Waals surface area (Å²) < 4.78 is 5.65. The Kier molecular flexibility index (Phi) is 5.81. The van der Waals surface area contributed by atoms with Crippen LogP contribution in [0.25, 0.3) is 0 Å². The normalized spacial score (nSPS) is 21.1. The van der Waals surface area contributed by atoms with E-state index in [1.165, 1.54) is 19.3 Å². The molecule has 1 heterocycles. The lowest BCUT2D eigenvalue weighted by atomic mass is 9.90. The van der Waals surface area contributed by atoms with Gasteiger partial charge in [-0.05, 0) is 42.9 Å². The van der Waals surface area contributed by atoms with E-state index in [1.54, 1.807) is 12.1 Å². The highest BCUT2D eigenvalue weighted by molar-refractivity contribution is 5.95. The first kappa shape index (κ1) is 18.3. The molecule has 1 fully saturated rings. The second-order valence-electron chi connectivity index (χ2n) is 7.05. The van der Waals surface area contributed by atoms with Crippen LogP contribution in [0.3, 0.4) is 0 Å². The van der Waals surface area contributed by atoms with E-state index in [4.69, 9.17) is 10.5 Å². The van der Waals surface area contributed by atoms with Crippen LogP contribution in [0.15, 0.2) is 35.5 Å². The number of urea groups is 1. The van der Waals surface area contributed by atoms with Gasteiger partial charge in [0.05, 0.1) is 18.2 Å². The van der Waals surface area contributed by atoms with Gasteiger partial charge in [-0.2, -0.15) is 0 Å². The highest BCUT2D eigenvalue weighted by Crippen LogP contribution is 2.30. The number of carbonyl (C=O) groups is 2. The van der Waals surface area contributed by atoms with Gasteiger partial charge in [-0.3, -0.25) is 0 Å². The molecule has 6 nitrogen and oxygen atoms in total. The Morgan fingerprint density at radius 1 is 1.27 bits per heavy atom. The number of hydrogen-bond donors (Lipinski definition) is 3. The Morgan fingerprint density at radius 2 is 2.04 bits per heavy atom. The number of nitrogens with two attached hydrogens (primary N) is 1. The Morgan fingerprint density at radius 3 is 2.73 bits per heavy atom. The first-order chi connectivity index (χ1) is 12.6. The largest absolute Gasteiger partial charge is 0.462 e. The summed E-state index contributed by atoms with van der Waals surface area (Å²) >= 11 is 0. The highest BCUT2D eigenvalue weighted by atomic mass is 16.5. The molecule has 140 valence electrons. The van der Waals surface area contributed by atoms with Crippen molar-refractivity contribution in [3.63, 3.8) is 0 Å². The Labute approximate surface area is 154 Å². The molecule has 4 N–H and O–H groups in total. The Balaban J connectivity index is 1.82. The molecular weight excluding hydrogens is 330 g/mol. The van der Waals surface area contributed by atoms with Crippen molar-refractivity contribution in [3.05, 3.63) is 41.1 Å². The number of carbonyl (C=O) groups excluding carboxylic acids is 2. The summed E-state index contributed by atoms with van der Waals surface area (Å²) in [5.41, 5.74) is 8.32. The molecule has 0 aromatic heterocycles. The molecule has 6 heteroatoms. The molecule has 0 spiro atoms. The molecule has 0 saturated heterocycles. The van der Waals surface area contributed by atoms with E-state index in [2.05, 4.69) is 10.6 Å². The zero-order chi connectivity index (χ0) is 18.5. The number of esters is 1. The van der Waals surface area contributed by atoms with Gasteiger partial charge >= 0.3 is 12.0 Å². The third-order valence-corrected chi connectivity index (χ3v) is 5.15. The molecule has 1 aliphatic carbocycles. The lowest BCUT2D eigenvalue weighted by Crippen LogP contribution is -2.46. The number of ether oxygens (including phenoxy) is 1. The molecule has 1 saturated carbocycles. The van der Waals surface area contributed by atoms with Crippen LogP contribution >= 0.6 is 0 Å². The monoisotopic (exact) mass is 357 g/mol. The predicted molar refractivity (Wildman–Crippen MR) is 100 cm³/mol. The molecule has 1 aliphatic heterocycles. The van der Waals surface area contributed by atoms with E-state index in [-0.39, 0.29) is 12.0 Å². The molecule has 1 aromatic carbocycles. The smallest absolute Gasteiger partial charge is 0.338 e. The standard InChI is InChI=1S/C20H27N3O3/c1-2-16-17(19(24)26-12-13-7-4-3-5-8-13)18(23-20(25)22-16)14-9-6-10-15(21)11-14/h6,9-11,13,18H,2-5,7-8,12,21H2,1H3,(H2,22,23,25). The van der Waals surface area contributed by atoms with Gasteiger partial charge < -0.3 is 21.1 Å². The quantitative estimate of drug-likeness (QED) is 0.556. The van der Waals surface area contributed by atoms with Gasteiger partial charge in [-0.25, -0.2) is 9.59 Å². The zero-order valence-corrected chi connectivity index (χ0v) is 15.2. The van der Waals surface area contributed by atoms with Crippen LogP contribution in [-0.2, 0) is 9.53 Å². The minimum absolute atomic E-state index is 0.321. The van der Waals surface area contributed by atoms with Crippen LogP contribution in [-0.4, -0.2) is 18.6 Å². The van der Waals surface area contributed by atoms with Gasteiger partial charge in [0.15, 0.2) is 0 Å². The number of anilines is 1. The minimum Gasteiger partial charge on any atom is -0.462 e. The van der Waals surface area contributed by atoms with Crippen LogP contribution < -0.4 is 16.4 Å². The molecule has 0 bridgehead atoms. The molecule has 1 aromatic rings. The Bertz CT molecular complexity index is 708. The summed E-state index contributed by atoms with van der Waals surface area (Å²) in [5.74, 6) is 0.0719. The molecule has 0 radical (unpaired) electrons. The average molecular weight is 357 g/mol. The number of rotatable bonds is 5. The fourth-order valence-electron chi connectivity index (χ4n) is 3.75. The molecule has 3 rings (SSSR count). The maximum atomic E-state index is 12.9. The lowest BCUT2D eigenvalue weighted by molar-refractivity contribution is -0.141. The number of benzene rings is 1. The third kappa shape index (κ3) is 4.18. The fourth-order valence-corrected chi connectivity index (χ4v) is 3.75. The van der Waals surface area contributed by atoms with Gasteiger partial charge in [-0.1, -0.05) is 38.3 Å². The fraction of sp³-hybridized carbons (Fsp3) is 0.500. The molecule has 2 amide bonds. The SMILES string of the molecule is CCC1=C(C(=O)OCC2CCCCC2)C(c2cccc(N)c2)NC(=O)N1. The molecule has 1 atom stereocenters. The molecule has 1 unspecified atom stereocenters. The summed E-state index contributed by atoms with van der Waals surface area (Å²) in [6, 6.07) is 6.35. The zero-order valence-electron chi connectivity index (χ0n) is 15.2. The van der Waals surface area contributed by atoms with Crippen LogP contribution in [0.2, 0.25) is 0 Å². The second-order valence-corrected chi connectivity index (χ2v) is 7.05. The van der Waals surface area contributed by atoms with E-state index >= 15 is 0 Å². The number of hydrogen-bond acceptors (Lipinski definition) is 4. The van der Waals surface area contributed by atoms with E-state index in [9.17, 15) is 9.59 Å². The number of nitrogens with one attached hydrogen (secondary N) is 2. The van der Waals surface area contributed by atoms with Crippen LogP contribution in [0, 0.1) is 5.92 Å². The second kappa shape index (κ2) is 8.25. The third-order valence-electron chi connectivity index (χ3n) is 5.15. The summed E-state index contributed by atoms with van der Waals surface area (Å²) in [6.07, 6.45) is 6.44. The number of allylic oxidation sites excluding steroid dienone is 1. The first-order valence-corrected chi connectivity index (χ1v) is 9.41. The van der Waals surface area contributed by atoms with Gasteiger partial charge in [0.1, 0.15) is 0 Å².